The van der Waals surface area contributed by atoms with Gasteiger partial charge in [-0.05, 0) is 0 Å². The van der Waals surface area contributed by atoms with Crippen molar-refractivity contribution in [3.8, 4) is 0 Å². The first-order valence-electron chi connectivity index (χ1n) is 1.86. The van der Waals surface area contributed by atoms with Crippen LogP contribution in [-0.2, 0) is 9.59 Å². The molecule has 0 saturated carbocycles. The van der Waals surface area contributed by atoms with Gasteiger partial charge in [0.1, 0.15) is 0 Å². The molecule has 0 heterocycles. The number of rotatable bonds is 0. The summed E-state index contributed by atoms with van der Waals surface area (Å²) in [7, 11) is 0. The SMILES string of the molecule is CC(=O)O.CC(=O)O.O.[Ca+2].[Ca+2].[H-].[H-].[H-].[H-]. The second-order valence-electron chi connectivity index (χ2n) is 1.04. The van der Waals surface area contributed by atoms with Crippen molar-refractivity contribution in [2.45, 2.75) is 13.8 Å². The van der Waals surface area contributed by atoms with Crippen molar-refractivity contribution >= 4 is 87.4 Å². The monoisotopic (exact) mass is 222 g/mol. The molecule has 0 spiro atoms. The normalized spacial score (nSPS) is 4.55. The van der Waals surface area contributed by atoms with Gasteiger partial charge in [0.15, 0.2) is 0 Å². The van der Waals surface area contributed by atoms with E-state index in [1.54, 1.807) is 0 Å². The van der Waals surface area contributed by atoms with E-state index in [-0.39, 0.29) is 86.7 Å². The smallest absolute Gasteiger partial charge is 1.00 e. The Morgan fingerprint density at radius 3 is 1.00 bits per heavy atom. The standard InChI is InChI=1S/2C2H4O2.2Ca.H2O.4H/c2*1-2(3)4;;;;;;;/h2*1H3,(H,3,4);;;1H2;;;;/q;;2*+2;;4*-1. The number of hydrogen-bond donors (Lipinski definition) is 2. The molecule has 0 aromatic rings. The van der Waals surface area contributed by atoms with Gasteiger partial charge in [-0.3, -0.25) is 9.59 Å². The molecule has 64 valence electrons. The van der Waals surface area contributed by atoms with Crippen LogP contribution in [0.3, 0.4) is 0 Å². The zero-order valence-corrected chi connectivity index (χ0v) is 11.0. The molecular weight excluding hydrogens is 208 g/mol. The first-order valence-corrected chi connectivity index (χ1v) is 1.86. The van der Waals surface area contributed by atoms with Gasteiger partial charge in [-0.1, -0.05) is 0 Å². The minimum Gasteiger partial charge on any atom is -1.00 e. The van der Waals surface area contributed by atoms with Crippen LogP contribution in [0.15, 0.2) is 0 Å². The minimum atomic E-state index is -0.833. The summed E-state index contributed by atoms with van der Waals surface area (Å²) < 4.78 is 0. The molecule has 7 heteroatoms. The second-order valence-corrected chi connectivity index (χ2v) is 1.04. The van der Waals surface area contributed by atoms with Crippen LogP contribution in [0.1, 0.15) is 19.6 Å². The second kappa shape index (κ2) is 22.5. The van der Waals surface area contributed by atoms with Crippen molar-refractivity contribution in [2.24, 2.45) is 0 Å². The van der Waals surface area contributed by atoms with Gasteiger partial charge in [0, 0.05) is 13.8 Å². The molecule has 0 amide bonds. The summed E-state index contributed by atoms with van der Waals surface area (Å²) in [5.41, 5.74) is 0. The average Bonchev–Trinajstić information content (AvgIpc) is 1.25. The van der Waals surface area contributed by atoms with E-state index in [4.69, 9.17) is 19.8 Å². The van der Waals surface area contributed by atoms with Gasteiger partial charge in [0.25, 0.3) is 11.9 Å². The minimum absolute atomic E-state index is 0. The molecule has 0 aliphatic rings. The number of hydrogen-bond acceptors (Lipinski definition) is 2. The summed E-state index contributed by atoms with van der Waals surface area (Å²) in [6, 6.07) is 0. The van der Waals surface area contributed by atoms with E-state index in [9.17, 15) is 0 Å². The summed E-state index contributed by atoms with van der Waals surface area (Å²) in [6.45, 7) is 2.17. The Bertz CT molecular complexity index is 87.0. The summed E-state index contributed by atoms with van der Waals surface area (Å²) in [5, 5.41) is 14.8. The van der Waals surface area contributed by atoms with Crippen LogP contribution < -0.4 is 0 Å². The summed E-state index contributed by atoms with van der Waals surface area (Å²) in [6.07, 6.45) is 0. The molecule has 0 fully saturated rings. The van der Waals surface area contributed by atoms with E-state index in [0.717, 1.165) is 13.8 Å². The van der Waals surface area contributed by atoms with E-state index in [0.29, 0.717) is 0 Å². The molecule has 5 nitrogen and oxygen atoms in total. The van der Waals surface area contributed by atoms with Crippen molar-refractivity contribution in [3.63, 3.8) is 0 Å². The third-order valence-electron chi connectivity index (χ3n) is 0. The van der Waals surface area contributed by atoms with Gasteiger partial charge in [-0.2, -0.15) is 0 Å². The van der Waals surface area contributed by atoms with Gasteiger partial charge in [-0.15, -0.1) is 0 Å². The Kier molecular flexibility index (Phi) is 60.2. The van der Waals surface area contributed by atoms with Gasteiger partial charge < -0.3 is 21.4 Å². The zero-order chi connectivity index (χ0) is 7.15. The molecule has 0 aliphatic carbocycles. The molecule has 11 heavy (non-hydrogen) atoms. The predicted molar refractivity (Wildman–Crippen MR) is 46.2 cm³/mol. The van der Waals surface area contributed by atoms with Gasteiger partial charge in [0.05, 0.1) is 0 Å². The molecule has 4 N–H and O–H groups in total. The zero-order valence-electron chi connectivity index (χ0n) is 10.6. The van der Waals surface area contributed by atoms with Crippen LogP contribution >= 0.6 is 0 Å². The van der Waals surface area contributed by atoms with Gasteiger partial charge in [0.2, 0.25) is 0 Å². The molecule has 0 aromatic carbocycles. The van der Waals surface area contributed by atoms with Crippen molar-refractivity contribution in [2.75, 3.05) is 0 Å². The molecule has 0 aromatic heterocycles. The van der Waals surface area contributed by atoms with Crippen LogP contribution in [0.4, 0.5) is 0 Å². The third-order valence-corrected chi connectivity index (χ3v) is 0. The maximum atomic E-state index is 9.00. The van der Waals surface area contributed by atoms with Crippen molar-refractivity contribution in [3.05, 3.63) is 0 Å². The first kappa shape index (κ1) is 29.4. The van der Waals surface area contributed by atoms with Crippen LogP contribution in [0.5, 0.6) is 0 Å². The van der Waals surface area contributed by atoms with Gasteiger partial charge in [-0.25, -0.2) is 0 Å². The van der Waals surface area contributed by atoms with Crippen LogP contribution in [0, 0.1) is 0 Å². The molecule has 0 atom stereocenters. The maximum Gasteiger partial charge on any atom is 2.00 e. The number of carboxylic acid groups (broad SMARTS) is 2. The predicted octanol–water partition coefficient (Wildman–Crippen LogP) is -0.955. The largest absolute Gasteiger partial charge is 2.00 e. The Morgan fingerprint density at radius 2 is 1.00 bits per heavy atom. The Balaban J connectivity index is -0.00000000468. The summed E-state index contributed by atoms with van der Waals surface area (Å²) in [4.78, 5) is 18.0. The quantitative estimate of drug-likeness (QED) is 0.515. The fourth-order valence-corrected chi connectivity index (χ4v) is 0. The fraction of sp³-hybridized carbons (Fsp3) is 0.500. The van der Waals surface area contributed by atoms with Gasteiger partial charge >= 0.3 is 75.5 Å². The average molecular weight is 222 g/mol. The summed E-state index contributed by atoms with van der Waals surface area (Å²) >= 11 is 0. The fourth-order valence-electron chi connectivity index (χ4n) is 0. The van der Waals surface area contributed by atoms with Crippen LogP contribution in [-0.4, -0.2) is 103 Å². The van der Waals surface area contributed by atoms with Crippen molar-refractivity contribution < 1.29 is 31.0 Å². The number of carboxylic acids is 2. The van der Waals surface area contributed by atoms with E-state index < -0.39 is 11.9 Å². The molecular formula is C4H14Ca2O5. The van der Waals surface area contributed by atoms with E-state index in [1.165, 1.54) is 0 Å². The van der Waals surface area contributed by atoms with E-state index >= 15 is 0 Å². The van der Waals surface area contributed by atoms with Crippen LogP contribution in [0.2, 0.25) is 0 Å². The Labute approximate surface area is 130 Å². The third kappa shape index (κ3) is 503. The number of aliphatic carboxylic acids is 2. The first-order chi connectivity index (χ1) is 3.46. The molecule has 0 aliphatic heterocycles. The molecule has 0 saturated heterocycles. The van der Waals surface area contributed by atoms with Crippen LogP contribution in [0.25, 0.3) is 0 Å². The number of carbonyl (C=O) groups is 2. The Morgan fingerprint density at radius 1 is 1.00 bits per heavy atom. The van der Waals surface area contributed by atoms with E-state index in [2.05, 4.69) is 0 Å². The van der Waals surface area contributed by atoms with Crippen molar-refractivity contribution in [1.82, 2.24) is 0 Å². The van der Waals surface area contributed by atoms with Crippen molar-refractivity contribution in [1.29, 1.82) is 0 Å². The maximum absolute atomic E-state index is 9.00. The molecule has 0 radical (unpaired) electrons. The molecule has 0 unspecified atom stereocenters. The molecule has 0 bridgehead atoms. The molecule has 0 rings (SSSR count). The summed E-state index contributed by atoms with van der Waals surface area (Å²) in [5.74, 6) is -1.67. The Hall–Kier alpha value is 1.42. The topological polar surface area (TPSA) is 106 Å². The van der Waals surface area contributed by atoms with E-state index in [1.807, 2.05) is 0 Å².